The molecule has 2 aliphatic rings. The maximum absolute atomic E-state index is 12.9. The van der Waals surface area contributed by atoms with Crippen molar-refractivity contribution in [1.29, 1.82) is 0 Å². The summed E-state index contributed by atoms with van der Waals surface area (Å²) >= 11 is 4.39. The van der Waals surface area contributed by atoms with Crippen LogP contribution in [0.2, 0.25) is 0 Å². The van der Waals surface area contributed by atoms with E-state index >= 15 is 0 Å². The van der Waals surface area contributed by atoms with Crippen molar-refractivity contribution in [2.24, 2.45) is 0 Å². The van der Waals surface area contributed by atoms with Gasteiger partial charge in [0.1, 0.15) is 13.2 Å². The molecule has 0 bridgehead atoms. The van der Waals surface area contributed by atoms with Crippen molar-refractivity contribution >= 4 is 50.8 Å². The summed E-state index contributed by atoms with van der Waals surface area (Å²) in [5.74, 6) is 0.443. The zero-order valence-electron chi connectivity index (χ0n) is 18.8. The first kappa shape index (κ1) is 24.3. The average Bonchev–Trinajstić information content (AvgIpc) is 3.45. The van der Waals surface area contributed by atoms with Crippen LogP contribution in [-0.2, 0) is 16.2 Å². The van der Waals surface area contributed by atoms with E-state index in [4.69, 9.17) is 9.47 Å². The number of amides is 3. The predicted octanol–water partition coefficient (Wildman–Crippen LogP) is 5.09. The third kappa shape index (κ3) is 5.64. The highest BCUT2D eigenvalue weighted by Crippen LogP contribution is 2.39. The van der Waals surface area contributed by atoms with Gasteiger partial charge in [0.25, 0.3) is 11.1 Å². The zero-order chi connectivity index (χ0) is 24.1. The fourth-order valence-corrected chi connectivity index (χ4v) is 5.21. The Bertz CT molecular complexity index is 1120. The van der Waals surface area contributed by atoms with Crippen LogP contribution in [0, 0.1) is 0 Å². The first-order valence-corrected chi connectivity index (χ1v) is 12.7. The lowest BCUT2D eigenvalue weighted by Crippen LogP contribution is -2.40. The second-order valence-electron chi connectivity index (χ2n) is 7.89. The lowest BCUT2D eigenvalue weighted by Gasteiger charge is -2.18. The van der Waals surface area contributed by atoms with Crippen LogP contribution in [0.1, 0.15) is 30.9 Å². The van der Waals surface area contributed by atoms with Crippen LogP contribution in [0.25, 0.3) is 6.08 Å². The van der Waals surface area contributed by atoms with Crippen LogP contribution in [0.15, 0.2) is 51.8 Å². The summed E-state index contributed by atoms with van der Waals surface area (Å²) in [4.78, 5) is 40.7. The number of hydrogen-bond acceptors (Lipinski definition) is 6. The van der Waals surface area contributed by atoms with Gasteiger partial charge in [0.05, 0.1) is 16.0 Å². The largest absolute Gasteiger partial charge is 0.490 e. The van der Waals surface area contributed by atoms with Gasteiger partial charge in [0.15, 0.2) is 11.5 Å². The Labute approximate surface area is 211 Å². The summed E-state index contributed by atoms with van der Waals surface area (Å²) in [6.07, 6.45) is 3.55. The summed E-state index contributed by atoms with van der Waals surface area (Å²) in [7, 11) is 0. The molecule has 0 unspecified atom stereocenters. The fourth-order valence-electron chi connectivity index (χ4n) is 3.79. The molecule has 0 aromatic heterocycles. The topological polar surface area (TPSA) is 76.2 Å². The molecular formula is C25H25BrN2O5S. The second-order valence-corrected chi connectivity index (χ2v) is 9.74. The van der Waals surface area contributed by atoms with Crippen LogP contribution in [-0.4, -0.2) is 53.1 Å². The molecule has 34 heavy (non-hydrogen) atoms. The van der Waals surface area contributed by atoms with Crippen molar-refractivity contribution in [3.8, 4) is 11.5 Å². The van der Waals surface area contributed by atoms with Crippen molar-refractivity contribution in [2.45, 2.75) is 26.4 Å². The summed E-state index contributed by atoms with van der Waals surface area (Å²) in [6, 6.07) is 13.4. The van der Waals surface area contributed by atoms with E-state index in [-0.39, 0.29) is 17.4 Å². The monoisotopic (exact) mass is 544 g/mol. The minimum Gasteiger partial charge on any atom is -0.490 e. The molecule has 0 saturated carbocycles. The maximum Gasteiger partial charge on any atom is 0.294 e. The van der Waals surface area contributed by atoms with E-state index in [2.05, 4.69) is 15.9 Å². The van der Waals surface area contributed by atoms with Crippen molar-refractivity contribution in [2.75, 3.05) is 26.2 Å². The van der Waals surface area contributed by atoms with E-state index in [0.29, 0.717) is 47.8 Å². The highest BCUT2D eigenvalue weighted by molar-refractivity contribution is 9.10. The van der Waals surface area contributed by atoms with E-state index in [9.17, 15) is 14.4 Å². The van der Waals surface area contributed by atoms with Gasteiger partial charge in [-0.25, -0.2) is 0 Å². The summed E-state index contributed by atoms with van der Waals surface area (Å²) < 4.78 is 12.5. The number of rotatable bonds is 8. The van der Waals surface area contributed by atoms with Gasteiger partial charge in [-0.15, -0.1) is 0 Å². The van der Waals surface area contributed by atoms with E-state index in [1.807, 2.05) is 43.3 Å². The number of nitrogens with zero attached hydrogens (tertiary/aromatic N) is 2. The van der Waals surface area contributed by atoms with Gasteiger partial charge < -0.3 is 14.4 Å². The number of likely N-dealkylation sites (tertiary alicyclic amines) is 1. The minimum absolute atomic E-state index is 0.192. The molecular weight excluding hydrogens is 520 g/mol. The molecule has 4 rings (SSSR count). The third-order valence-electron chi connectivity index (χ3n) is 5.48. The molecule has 0 spiro atoms. The van der Waals surface area contributed by atoms with E-state index < -0.39 is 11.1 Å². The Morgan fingerprint density at radius 2 is 1.85 bits per heavy atom. The zero-order valence-corrected chi connectivity index (χ0v) is 21.2. The molecule has 7 nitrogen and oxygen atoms in total. The molecule has 0 aliphatic carbocycles. The third-order valence-corrected chi connectivity index (χ3v) is 6.98. The maximum atomic E-state index is 12.9. The number of imide groups is 1. The Kier molecular flexibility index (Phi) is 7.95. The number of halogens is 1. The Morgan fingerprint density at radius 1 is 1.12 bits per heavy atom. The van der Waals surface area contributed by atoms with Crippen LogP contribution in [0.3, 0.4) is 0 Å². The molecule has 0 atom stereocenters. The highest BCUT2D eigenvalue weighted by Gasteiger charge is 2.37. The van der Waals surface area contributed by atoms with Gasteiger partial charge in [0, 0.05) is 13.1 Å². The van der Waals surface area contributed by atoms with Gasteiger partial charge in [-0.1, -0.05) is 30.3 Å². The summed E-state index contributed by atoms with van der Waals surface area (Å²) in [5, 5.41) is -0.435. The fraction of sp³-hybridized carbons (Fsp3) is 0.320. The second kappa shape index (κ2) is 11.1. The van der Waals surface area contributed by atoms with Crippen molar-refractivity contribution in [1.82, 2.24) is 9.80 Å². The number of hydrogen-bond donors (Lipinski definition) is 0. The van der Waals surface area contributed by atoms with Gasteiger partial charge in [0.2, 0.25) is 5.91 Å². The van der Waals surface area contributed by atoms with Gasteiger partial charge in [-0.05, 0) is 76.8 Å². The predicted molar refractivity (Wildman–Crippen MR) is 135 cm³/mol. The number of carbonyl (C=O) groups is 3. The van der Waals surface area contributed by atoms with Crippen molar-refractivity contribution in [3.05, 3.63) is 63.0 Å². The molecule has 2 aromatic rings. The Hall–Kier alpha value is -2.78. The molecule has 2 aromatic carbocycles. The molecule has 178 valence electrons. The minimum atomic E-state index is -0.457. The Morgan fingerprint density at radius 3 is 2.56 bits per heavy atom. The van der Waals surface area contributed by atoms with E-state index in [1.165, 1.54) is 0 Å². The SMILES string of the molecule is CCOc1cc(/C=C2\SC(=O)N(CC(=O)N3CCCC3)C2=O)cc(Br)c1OCc1ccccc1. The lowest BCUT2D eigenvalue weighted by molar-refractivity contribution is -0.135. The summed E-state index contributed by atoms with van der Waals surface area (Å²) in [6.45, 7) is 3.83. The summed E-state index contributed by atoms with van der Waals surface area (Å²) in [5.41, 5.74) is 1.71. The number of ether oxygens (including phenoxy) is 2. The van der Waals surface area contributed by atoms with Crippen LogP contribution < -0.4 is 9.47 Å². The smallest absolute Gasteiger partial charge is 0.294 e. The average molecular weight is 545 g/mol. The molecule has 2 fully saturated rings. The first-order valence-electron chi connectivity index (χ1n) is 11.1. The van der Waals surface area contributed by atoms with Gasteiger partial charge in [-0.3, -0.25) is 19.3 Å². The normalized spacial score (nSPS) is 17.1. The van der Waals surface area contributed by atoms with Crippen LogP contribution >= 0.6 is 27.7 Å². The van der Waals surface area contributed by atoms with Crippen molar-refractivity contribution in [3.63, 3.8) is 0 Å². The standard InChI is InChI=1S/C25H25BrN2O5S/c1-2-32-20-13-18(12-19(26)23(20)33-16-17-8-4-3-5-9-17)14-21-24(30)28(25(31)34-21)15-22(29)27-10-6-7-11-27/h3-5,8-9,12-14H,2,6-7,10-11,15-16H2,1H3/b21-14-. The molecule has 9 heteroatoms. The quantitative estimate of drug-likeness (QED) is 0.431. The Balaban J connectivity index is 1.51. The van der Waals surface area contributed by atoms with Gasteiger partial charge >= 0.3 is 0 Å². The number of benzene rings is 2. The molecule has 0 N–H and O–H groups in total. The van der Waals surface area contributed by atoms with Crippen LogP contribution in [0.5, 0.6) is 11.5 Å². The van der Waals surface area contributed by atoms with E-state index in [1.54, 1.807) is 17.0 Å². The highest BCUT2D eigenvalue weighted by atomic mass is 79.9. The van der Waals surface area contributed by atoms with Gasteiger partial charge in [-0.2, -0.15) is 0 Å². The number of carbonyl (C=O) groups excluding carboxylic acids is 3. The first-order chi connectivity index (χ1) is 16.5. The molecule has 3 amide bonds. The number of thioether (sulfide) groups is 1. The van der Waals surface area contributed by atoms with Crippen LogP contribution in [0.4, 0.5) is 4.79 Å². The molecule has 0 radical (unpaired) electrons. The molecule has 2 saturated heterocycles. The van der Waals surface area contributed by atoms with E-state index in [0.717, 1.165) is 35.1 Å². The molecule has 2 heterocycles. The molecule has 2 aliphatic heterocycles. The van der Waals surface area contributed by atoms with Crippen molar-refractivity contribution < 1.29 is 23.9 Å². The lowest BCUT2D eigenvalue weighted by atomic mass is 10.1.